The maximum absolute atomic E-state index is 13.1. The SMILES string of the molecule is C=C(C)C(=O)Oc1ccc(C(=O)Oc2cc(OCC)c(C#Cc3ccc(-c4ccc(OC(=O)C(=C)C)cc4)cc3)cc2OC(=O)C(=C)C)cc1. The molecule has 0 bridgehead atoms. The van der Waals surface area contributed by atoms with Crippen LogP contribution in [-0.4, -0.2) is 30.5 Å². The summed E-state index contributed by atoms with van der Waals surface area (Å²) in [6.45, 7) is 17.4. The Labute approximate surface area is 290 Å². The van der Waals surface area contributed by atoms with Crippen molar-refractivity contribution < 1.29 is 42.9 Å². The molecule has 4 aromatic rings. The van der Waals surface area contributed by atoms with Crippen LogP contribution in [0.3, 0.4) is 0 Å². The molecule has 4 aromatic carbocycles. The topological polar surface area (TPSA) is 114 Å². The average molecular weight is 671 g/mol. The van der Waals surface area contributed by atoms with Crippen molar-refractivity contribution in [3.63, 3.8) is 0 Å². The zero-order chi connectivity index (χ0) is 36.4. The Kier molecular flexibility index (Phi) is 11.9. The number of carbonyl (C=O) groups is 4. The zero-order valence-corrected chi connectivity index (χ0v) is 28.1. The lowest BCUT2D eigenvalue weighted by molar-refractivity contribution is -0.131. The van der Waals surface area contributed by atoms with E-state index in [1.807, 2.05) is 36.4 Å². The molecule has 0 fully saturated rings. The molecule has 0 aliphatic rings. The molecule has 0 spiro atoms. The molecular formula is C41H34O9. The first kappa shape index (κ1) is 36.2. The predicted octanol–water partition coefficient (Wildman–Crippen LogP) is 7.82. The van der Waals surface area contributed by atoms with Gasteiger partial charge in [0, 0.05) is 34.4 Å². The van der Waals surface area contributed by atoms with Crippen molar-refractivity contribution >= 4 is 23.9 Å². The lowest BCUT2D eigenvalue weighted by atomic mass is 10.0. The number of carbonyl (C=O) groups excluding carboxylic acids is 4. The Bertz CT molecular complexity index is 2040. The molecular weight excluding hydrogens is 636 g/mol. The highest BCUT2D eigenvalue weighted by atomic mass is 16.6. The monoisotopic (exact) mass is 670 g/mol. The Balaban J connectivity index is 1.59. The average Bonchev–Trinajstić information content (AvgIpc) is 3.09. The van der Waals surface area contributed by atoms with Crippen molar-refractivity contribution in [3.8, 4) is 51.7 Å². The minimum absolute atomic E-state index is 0.0705. The van der Waals surface area contributed by atoms with Crippen LogP contribution in [-0.2, 0) is 14.4 Å². The van der Waals surface area contributed by atoms with Gasteiger partial charge in [-0.1, -0.05) is 55.8 Å². The van der Waals surface area contributed by atoms with Gasteiger partial charge in [-0.2, -0.15) is 0 Å². The van der Waals surface area contributed by atoms with E-state index in [0.717, 1.165) is 11.1 Å². The molecule has 4 rings (SSSR count). The van der Waals surface area contributed by atoms with Gasteiger partial charge in [-0.15, -0.1) is 0 Å². The Hall–Kier alpha value is -6.66. The van der Waals surface area contributed by atoms with Crippen LogP contribution < -0.4 is 23.7 Å². The number of ether oxygens (including phenoxy) is 5. The summed E-state index contributed by atoms with van der Waals surface area (Å²) in [5.74, 6) is 4.35. The largest absolute Gasteiger partial charge is 0.492 e. The van der Waals surface area contributed by atoms with E-state index < -0.39 is 23.9 Å². The zero-order valence-electron chi connectivity index (χ0n) is 28.1. The van der Waals surface area contributed by atoms with Gasteiger partial charge >= 0.3 is 23.9 Å². The number of esters is 4. The van der Waals surface area contributed by atoms with Gasteiger partial charge in [-0.3, -0.25) is 0 Å². The van der Waals surface area contributed by atoms with Crippen LogP contribution in [0.1, 0.15) is 49.2 Å². The molecule has 0 saturated carbocycles. The summed E-state index contributed by atoms with van der Waals surface area (Å²) in [6.07, 6.45) is 0. The van der Waals surface area contributed by atoms with Crippen molar-refractivity contribution in [2.45, 2.75) is 27.7 Å². The molecule has 0 N–H and O–H groups in total. The van der Waals surface area contributed by atoms with Gasteiger partial charge in [0.05, 0.1) is 17.7 Å². The molecule has 0 saturated heterocycles. The molecule has 0 aliphatic heterocycles. The summed E-state index contributed by atoms with van der Waals surface area (Å²) in [6, 6.07) is 23.2. The van der Waals surface area contributed by atoms with Crippen LogP contribution in [0.15, 0.2) is 121 Å². The molecule has 0 heterocycles. The number of benzene rings is 4. The van der Waals surface area contributed by atoms with Gasteiger partial charge in [0.2, 0.25) is 0 Å². The summed E-state index contributed by atoms with van der Waals surface area (Å²) >= 11 is 0. The highest BCUT2D eigenvalue weighted by Gasteiger charge is 2.20. The van der Waals surface area contributed by atoms with E-state index >= 15 is 0 Å². The maximum Gasteiger partial charge on any atom is 0.343 e. The quantitative estimate of drug-likeness (QED) is 0.0682. The van der Waals surface area contributed by atoms with Crippen molar-refractivity contribution in [2.24, 2.45) is 0 Å². The van der Waals surface area contributed by atoms with E-state index in [1.165, 1.54) is 50.2 Å². The minimum atomic E-state index is -0.765. The van der Waals surface area contributed by atoms with Gasteiger partial charge in [0.1, 0.15) is 17.2 Å². The molecule has 0 aromatic heterocycles. The van der Waals surface area contributed by atoms with E-state index in [1.54, 1.807) is 26.0 Å². The summed E-state index contributed by atoms with van der Waals surface area (Å²) in [4.78, 5) is 49.2. The van der Waals surface area contributed by atoms with Crippen LogP contribution in [0.2, 0.25) is 0 Å². The predicted molar refractivity (Wildman–Crippen MR) is 188 cm³/mol. The second-order valence-electron chi connectivity index (χ2n) is 11.0. The lowest BCUT2D eigenvalue weighted by Crippen LogP contribution is -2.13. The van der Waals surface area contributed by atoms with Crippen molar-refractivity contribution in [1.29, 1.82) is 0 Å². The van der Waals surface area contributed by atoms with Gasteiger partial charge in [0.25, 0.3) is 0 Å². The molecule has 0 radical (unpaired) electrons. The first-order valence-electron chi connectivity index (χ1n) is 15.3. The van der Waals surface area contributed by atoms with Crippen LogP contribution in [0, 0.1) is 11.8 Å². The molecule has 9 heteroatoms. The van der Waals surface area contributed by atoms with Crippen LogP contribution >= 0.6 is 0 Å². The third kappa shape index (κ3) is 9.69. The van der Waals surface area contributed by atoms with Crippen LogP contribution in [0.25, 0.3) is 11.1 Å². The molecule has 0 unspecified atom stereocenters. The van der Waals surface area contributed by atoms with E-state index in [2.05, 4.69) is 31.6 Å². The number of rotatable bonds is 11. The lowest BCUT2D eigenvalue weighted by Gasteiger charge is -2.14. The summed E-state index contributed by atoms with van der Waals surface area (Å²) in [7, 11) is 0. The standard InChI is InChI=1S/C41H34O9/c1-8-46-35-24-37(50-41(45)31-17-21-34(22-18-31)48-39(43)26(4)5)36(49-40(44)27(6)7)23-32(35)14-11-28-9-12-29(13-10-28)30-15-19-33(20-16-30)47-38(42)25(2)3/h9-10,12-13,15-24H,2,4,6,8H2,1,3,5,7H3. The summed E-state index contributed by atoms with van der Waals surface area (Å²) in [5.41, 5.74) is 3.72. The van der Waals surface area contributed by atoms with E-state index in [0.29, 0.717) is 28.2 Å². The smallest absolute Gasteiger partial charge is 0.343 e. The van der Waals surface area contributed by atoms with E-state index in [4.69, 9.17) is 23.7 Å². The maximum atomic E-state index is 13.1. The van der Waals surface area contributed by atoms with Crippen LogP contribution in [0.5, 0.6) is 28.7 Å². The molecule has 0 aliphatic carbocycles. The van der Waals surface area contributed by atoms with E-state index in [-0.39, 0.29) is 40.6 Å². The third-order valence-corrected chi connectivity index (χ3v) is 6.72. The van der Waals surface area contributed by atoms with Crippen LogP contribution in [0.4, 0.5) is 0 Å². The first-order valence-corrected chi connectivity index (χ1v) is 15.3. The summed E-state index contributed by atoms with van der Waals surface area (Å²) in [5, 5.41) is 0. The Morgan fingerprint density at radius 1 is 0.560 bits per heavy atom. The third-order valence-electron chi connectivity index (χ3n) is 6.72. The Morgan fingerprint density at radius 2 is 1.02 bits per heavy atom. The van der Waals surface area contributed by atoms with Gasteiger partial charge in [-0.25, -0.2) is 19.2 Å². The normalized spacial score (nSPS) is 10.1. The van der Waals surface area contributed by atoms with Crippen molar-refractivity contribution in [1.82, 2.24) is 0 Å². The second-order valence-corrected chi connectivity index (χ2v) is 11.0. The molecule has 252 valence electrons. The van der Waals surface area contributed by atoms with Gasteiger partial charge in [-0.05, 0) is 87.4 Å². The number of hydrogen-bond acceptors (Lipinski definition) is 9. The highest BCUT2D eigenvalue weighted by Crippen LogP contribution is 2.36. The number of hydrogen-bond donors (Lipinski definition) is 0. The van der Waals surface area contributed by atoms with Crippen molar-refractivity contribution in [3.05, 3.63) is 138 Å². The first-order chi connectivity index (χ1) is 23.8. The molecule has 0 amide bonds. The fourth-order valence-corrected chi connectivity index (χ4v) is 4.07. The molecule has 50 heavy (non-hydrogen) atoms. The molecule has 0 atom stereocenters. The molecule has 9 nitrogen and oxygen atoms in total. The fraction of sp³-hybridized carbons (Fsp3) is 0.122. The fourth-order valence-electron chi connectivity index (χ4n) is 4.07. The van der Waals surface area contributed by atoms with E-state index in [9.17, 15) is 19.2 Å². The highest BCUT2D eigenvalue weighted by molar-refractivity contribution is 5.93. The minimum Gasteiger partial charge on any atom is -0.492 e. The summed E-state index contributed by atoms with van der Waals surface area (Å²) < 4.78 is 27.4. The van der Waals surface area contributed by atoms with Gasteiger partial charge < -0.3 is 23.7 Å². The Morgan fingerprint density at radius 3 is 1.52 bits per heavy atom. The second kappa shape index (κ2) is 16.4. The van der Waals surface area contributed by atoms with Gasteiger partial charge in [0.15, 0.2) is 11.5 Å². The van der Waals surface area contributed by atoms with Crippen molar-refractivity contribution in [2.75, 3.05) is 6.61 Å².